The number of aryl methyl sites for hydroxylation is 1. The van der Waals surface area contributed by atoms with Crippen LogP contribution in [0.15, 0.2) is 40.8 Å². The fourth-order valence-corrected chi connectivity index (χ4v) is 2.47. The summed E-state index contributed by atoms with van der Waals surface area (Å²) in [4.78, 5) is 13.1. The molecular formula is C14H18N4OS. The monoisotopic (exact) mass is 290 g/mol. The van der Waals surface area contributed by atoms with Gasteiger partial charge in [0.25, 0.3) is 0 Å². The molecule has 106 valence electrons. The molecule has 20 heavy (non-hydrogen) atoms. The smallest absolute Gasteiger partial charge is 0.194 e. The van der Waals surface area contributed by atoms with Gasteiger partial charge in [0.05, 0.1) is 6.61 Å². The molecule has 0 aliphatic rings. The molecule has 0 spiro atoms. The minimum Gasteiger partial charge on any atom is -0.383 e. The summed E-state index contributed by atoms with van der Waals surface area (Å²) in [5.74, 6) is 0. The molecule has 0 aliphatic carbocycles. The molecule has 2 aromatic rings. The number of nitrogens with zero attached hydrogens (tertiary/aromatic N) is 3. The highest BCUT2D eigenvalue weighted by atomic mass is 32.2. The Morgan fingerprint density at radius 3 is 2.95 bits per heavy atom. The van der Waals surface area contributed by atoms with Gasteiger partial charge in [0.2, 0.25) is 0 Å². The van der Waals surface area contributed by atoms with E-state index >= 15 is 0 Å². The molecule has 0 atom stereocenters. The van der Waals surface area contributed by atoms with Crippen LogP contribution in [0.4, 0.5) is 0 Å². The molecule has 0 bridgehead atoms. The largest absolute Gasteiger partial charge is 0.383 e. The van der Waals surface area contributed by atoms with Crippen LogP contribution in [-0.2, 0) is 11.3 Å². The lowest BCUT2D eigenvalue weighted by Gasteiger charge is -2.08. The first-order valence-corrected chi connectivity index (χ1v) is 7.22. The quantitative estimate of drug-likeness (QED) is 0.622. The van der Waals surface area contributed by atoms with Crippen molar-refractivity contribution in [3.05, 3.63) is 41.9 Å². The van der Waals surface area contributed by atoms with Crippen molar-refractivity contribution in [2.45, 2.75) is 23.7 Å². The summed E-state index contributed by atoms with van der Waals surface area (Å²) >= 11 is 1.49. The van der Waals surface area contributed by atoms with Gasteiger partial charge in [-0.3, -0.25) is 0 Å². The van der Waals surface area contributed by atoms with E-state index in [9.17, 15) is 0 Å². The second-order valence-electron chi connectivity index (χ2n) is 4.22. The van der Waals surface area contributed by atoms with E-state index in [0.717, 1.165) is 34.5 Å². The standard InChI is InChI=1S/C14H18N4OS/c1-11-5-7-17-14(18-11)20-13-12(4-3-6-16-13)10-15-8-9-19-2/h3-7,15H,8-10H2,1-2H3. The Hall–Kier alpha value is -1.50. The van der Waals surface area contributed by atoms with Gasteiger partial charge in [0.15, 0.2) is 5.16 Å². The van der Waals surface area contributed by atoms with E-state index in [4.69, 9.17) is 4.74 Å². The van der Waals surface area contributed by atoms with E-state index in [1.54, 1.807) is 19.5 Å². The molecule has 0 unspecified atom stereocenters. The first kappa shape index (κ1) is 14.9. The van der Waals surface area contributed by atoms with Crippen LogP contribution in [0.25, 0.3) is 0 Å². The third-order valence-electron chi connectivity index (χ3n) is 2.61. The predicted octanol–water partition coefficient (Wildman–Crippen LogP) is 2.07. The molecule has 0 aromatic carbocycles. The van der Waals surface area contributed by atoms with Crippen LogP contribution in [0.3, 0.4) is 0 Å². The van der Waals surface area contributed by atoms with Crippen LogP contribution in [0, 0.1) is 6.92 Å². The van der Waals surface area contributed by atoms with E-state index in [1.165, 1.54) is 11.8 Å². The molecule has 0 amide bonds. The number of nitrogens with one attached hydrogen (secondary N) is 1. The number of methoxy groups -OCH3 is 1. The Morgan fingerprint density at radius 1 is 1.25 bits per heavy atom. The number of ether oxygens (including phenoxy) is 1. The highest BCUT2D eigenvalue weighted by Gasteiger charge is 2.07. The molecule has 0 saturated carbocycles. The zero-order valence-electron chi connectivity index (χ0n) is 11.7. The summed E-state index contributed by atoms with van der Waals surface area (Å²) in [7, 11) is 1.70. The van der Waals surface area contributed by atoms with Crippen molar-refractivity contribution in [1.82, 2.24) is 20.3 Å². The van der Waals surface area contributed by atoms with Crippen molar-refractivity contribution in [3.63, 3.8) is 0 Å². The van der Waals surface area contributed by atoms with Crippen molar-refractivity contribution in [2.24, 2.45) is 0 Å². The van der Waals surface area contributed by atoms with Gasteiger partial charge in [-0.25, -0.2) is 15.0 Å². The maximum Gasteiger partial charge on any atom is 0.194 e. The van der Waals surface area contributed by atoms with Crippen LogP contribution >= 0.6 is 11.8 Å². The summed E-state index contributed by atoms with van der Waals surface area (Å²) in [5.41, 5.74) is 2.09. The molecule has 2 heterocycles. The van der Waals surface area contributed by atoms with Crippen LogP contribution in [0.5, 0.6) is 0 Å². The molecule has 2 rings (SSSR count). The average molecular weight is 290 g/mol. The van der Waals surface area contributed by atoms with E-state index in [1.807, 2.05) is 19.1 Å². The molecule has 0 radical (unpaired) electrons. The van der Waals surface area contributed by atoms with Crippen molar-refractivity contribution < 1.29 is 4.74 Å². The number of aromatic nitrogens is 3. The lowest BCUT2D eigenvalue weighted by atomic mass is 10.3. The van der Waals surface area contributed by atoms with E-state index in [2.05, 4.69) is 26.3 Å². The van der Waals surface area contributed by atoms with Crippen LogP contribution in [0.1, 0.15) is 11.3 Å². The molecule has 0 aliphatic heterocycles. The summed E-state index contributed by atoms with van der Waals surface area (Å²) in [6.07, 6.45) is 3.56. The fourth-order valence-electron chi connectivity index (χ4n) is 1.61. The van der Waals surface area contributed by atoms with Gasteiger partial charge >= 0.3 is 0 Å². The van der Waals surface area contributed by atoms with Gasteiger partial charge in [-0.2, -0.15) is 0 Å². The summed E-state index contributed by atoms with van der Waals surface area (Å²) in [6.45, 7) is 4.23. The van der Waals surface area contributed by atoms with Crippen LogP contribution in [-0.4, -0.2) is 35.2 Å². The summed E-state index contributed by atoms with van der Waals surface area (Å²) in [5, 5.41) is 4.98. The van der Waals surface area contributed by atoms with Gasteiger partial charge in [-0.15, -0.1) is 0 Å². The SMILES string of the molecule is COCCNCc1cccnc1Sc1nccc(C)n1. The minimum absolute atomic E-state index is 0.698. The second kappa shape index (κ2) is 7.94. The van der Waals surface area contributed by atoms with E-state index in [-0.39, 0.29) is 0 Å². The van der Waals surface area contributed by atoms with Crippen molar-refractivity contribution in [1.29, 1.82) is 0 Å². The van der Waals surface area contributed by atoms with Gasteiger partial charge < -0.3 is 10.1 Å². The maximum atomic E-state index is 5.02. The van der Waals surface area contributed by atoms with Gasteiger partial charge in [0.1, 0.15) is 5.03 Å². The molecule has 1 N–H and O–H groups in total. The van der Waals surface area contributed by atoms with E-state index < -0.39 is 0 Å². The molecule has 0 saturated heterocycles. The zero-order valence-corrected chi connectivity index (χ0v) is 12.5. The highest BCUT2D eigenvalue weighted by Crippen LogP contribution is 2.25. The Labute approximate surface area is 123 Å². The first-order valence-electron chi connectivity index (χ1n) is 6.40. The lowest BCUT2D eigenvalue weighted by molar-refractivity contribution is 0.199. The molecule has 5 nitrogen and oxygen atoms in total. The fraction of sp³-hybridized carbons (Fsp3) is 0.357. The van der Waals surface area contributed by atoms with Crippen molar-refractivity contribution in [3.8, 4) is 0 Å². The Kier molecular flexibility index (Phi) is 5.91. The molecule has 0 fully saturated rings. The third-order valence-corrected chi connectivity index (χ3v) is 3.55. The summed E-state index contributed by atoms with van der Waals surface area (Å²) < 4.78 is 5.02. The van der Waals surface area contributed by atoms with Gasteiger partial charge in [0, 0.05) is 38.3 Å². The van der Waals surface area contributed by atoms with Gasteiger partial charge in [-0.1, -0.05) is 6.07 Å². The number of hydrogen-bond acceptors (Lipinski definition) is 6. The normalized spacial score (nSPS) is 10.7. The Balaban J connectivity index is 2.03. The van der Waals surface area contributed by atoms with Gasteiger partial charge in [-0.05, 0) is 36.4 Å². The van der Waals surface area contributed by atoms with Crippen molar-refractivity contribution in [2.75, 3.05) is 20.3 Å². The maximum absolute atomic E-state index is 5.02. The van der Waals surface area contributed by atoms with Crippen molar-refractivity contribution >= 4 is 11.8 Å². The lowest BCUT2D eigenvalue weighted by Crippen LogP contribution is -2.19. The third kappa shape index (κ3) is 4.56. The van der Waals surface area contributed by atoms with Crippen LogP contribution < -0.4 is 5.32 Å². The topological polar surface area (TPSA) is 59.9 Å². The highest BCUT2D eigenvalue weighted by molar-refractivity contribution is 7.99. The van der Waals surface area contributed by atoms with Crippen LogP contribution in [0.2, 0.25) is 0 Å². The number of pyridine rings is 1. The molecular weight excluding hydrogens is 272 g/mol. The zero-order chi connectivity index (χ0) is 14.2. The minimum atomic E-state index is 0.698. The number of hydrogen-bond donors (Lipinski definition) is 1. The Bertz CT molecular complexity index is 550. The molecule has 6 heteroatoms. The molecule has 2 aromatic heterocycles. The summed E-state index contributed by atoms with van der Waals surface area (Å²) in [6, 6.07) is 5.88. The second-order valence-corrected chi connectivity index (χ2v) is 5.18. The first-order chi connectivity index (χ1) is 9.79. The number of rotatable bonds is 7. The van der Waals surface area contributed by atoms with E-state index in [0.29, 0.717) is 6.61 Å². The Morgan fingerprint density at radius 2 is 2.15 bits per heavy atom. The average Bonchev–Trinajstić information content (AvgIpc) is 2.45. The predicted molar refractivity (Wildman–Crippen MR) is 78.7 cm³/mol.